The van der Waals surface area contributed by atoms with Crippen molar-refractivity contribution in [3.05, 3.63) is 66.1 Å². The minimum Gasteiger partial charge on any atom is -0.453 e. The van der Waals surface area contributed by atoms with E-state index in [-0.39, 0.29) is 5.75 Å². The fourth-order valence-electron chi connectivity index (χ4n) is 2.09. The van der Waals surface area contributed by atoms with Gasteiger partial charge in [0.05, 0.1) is 17.8 Å². The van der Waals surface area contributed by atoms with Crippen LogP contribution in [0, 0.1) is 5.82 Å². The summed E-state index contributed by atoms with van der Waals surface area (Å²) in [6, 6.07) is 13.9. The molecule has 0 unspecified atom stereocenters. The number of fused-ring (bicyclic) bond motifs is 1. The van der Waals surface area contributed by atoms with E-state index in [1.54, 1.807) is 19.2 Å². The first-order valence-electron chi connectivity index (χ1n) is 6.63. The highest BCUT2D eigenvalue weighted by molar-refractivity contribution is 5.79. The summed E-state index contributed by atoms with van der Waals surface area (Å²) in [5.74, 6) is 0.0652. The number of aromatic nitrogens is 1. The summed E-state index contributed by atoms with van der Waals surface area (Å²) in [5.41, 5.74) is 1.37. The highest BCUT2D eigenvalue weighted by atomic mass is 19.1. The molecule has 3 nitrogen and oxygen atoms in total. The SMILES string of the molecule is C[C@@H](O)c1ccc(Oc2cnc3ccccc3c2)c(F)c1. The molecular formula is C17H14FNO2. The van der Waals surface area contributed by atoms with Gasteiger partial charge in [0.1, 0.15) is 5.75 Å². The molecule has 0 radical (unpaired) electrons. The third-order valence-corrected chi connectivity index (χ3v) is 3.23. The van der Waals surface area contributed by atoms with Crippen molar-refractivity contribution in [1.82, 2.24) is 4.98 Å². The van der Waals surface area contributed by atoms with Crippen LogP contribution in [0.5, 0.6) is 11.5 Å². The maximum Gasteiger partial charge on any atom is 0.166 e. The van der Waals surface area contributed by atoms with E-state index < -0.39 is 11.9 Å². The van der Waals surface area contributed by atoms with Crippen molar-refractivity contribution < 1.29 is 14.2 Å². The number of pyridine rings is 1. The molecule has 106 valence electrons. The number of hydrogen-bond donors (Lipinski definition) is 1. The van der Waals surface area contributed by atoms with Gasteiger partial charge < -0.3 is 9.84 Å². The van der Waals surface area contributed by atoms with Gasteiger partial charge in [-0.3, -0.25) is 4.98 Å². The topological polar surface area (TPSA) is 42.4 Å². The highest BCUT2D eigenvalue weighted by Gasteiger charge is 2.09. The number of benzene rings is 2. The zero-order valence-electron chi connectivity index (χ0n) is 11.5. The molecule has 0 saturated heterocycles. The normalized spacial score (nSPS) is 12.3. The van der Waals surface area contributed by atoms with E-state index in [1.165, 1.54) is 12.1 Å². The molecule has 0 spiro atoms. The molecule has 0 fully saturated rings. The lowest BCUT2D eigenvalue weighted by Gasteiger charge is -2.10. The zero-order chi connectivity index (χ0) is 14.8. The van der Waals surface area contributed by atoms with E-state index in [0.29, 0.717) is 11.3 Å². The van der Waals surface area contributed by atoms with E-state index in [2.05, 4.69) is 4.98 Å². The number of halogens is 1. The van der Waals surface area contributed by atoms with Crippen LogP contribution in [0.3, 0.4) is 0 Å². The molecule has 0 bridgehead atoms. The number of aliphatic hydroxyl groups excluding tert-OH is 1. The van der Waals surface area contributed by atoms with E-state index in [0.717, 1.165) is 10.9 Å². The first-order chi connectivity index (χ1) is 10.1. The van der Waals surface area contributed by atoms with Crippen LogP contribution in [0.4, 0.5) is 4.39 Å². The van der Waals surface area contributed by atoms with E-state index in [9.17, 15) is 9.50 Å². The lowest BCUT2D eigenvalue weighted by atomic mass is 10.1. The number of hydrogen-bond acceptors (Lipinski definition) is 3. The average Bonchev–Trinajstić information content (AvgIpc) is 2.49. The van der Waals surface area contributed by atoms with Gasteiger partial charge in [0.2, 0.25) is 0 Å². The molecule has 0 aliphatic rings. The Morgan fingerprint density at radius 2 is 1.95 bits per heavy atom. The highest BCUT2D eigenvalue weighted by Crippen LogP contribution is 2.28. The average molecular weight is 283 g/mol. The largest absolute Gasteiger partial charge is 0.453 e. The number of para-hydroxylation sites is 1. The van der Waals surface area contributed by atoms with Crippen LogP contribution in [-0.2, 0) is 0 Å². The fraction of sp³-hybridized carbons (Fsp3) is 0.118. The second kappa shape index (κ2) is 5.50. The Bertz CT molecular complexity index is 787. The third-order valence-electron chi connectivity index (χ3n) is 3.23. The molecule has 1 heterocycles. The molecule has 1 aromatic heterocycles. The van der Waals surface area contributed by atoms with Crippen LogP contribution < -0.4 is 4.74 Å². The predicted octanol–water partition coefficient (Wildman–Crippen LogP) is 4.22. The van der Waals surface area contributed by atoms with Crippen molar-refractivity contribution in [2.75, 3.05) is 0 Å². The van der Waals surface area contributed by atoms with Crippen molar-refractivity contribution >= 4 is 10.9 Å². The Morgan fingerprint density at radius 3 is 2.71 bits per heavy atom. The minimum absolute atomic E-state index is 0.108. The molecule has 21 heavy (non-hydrogen) atoms. The Morgan fingerprint density at radius 1 is 1.14 bits per heavy atom. The van der Waals surface area contributed by atoms with Gasteiger partial charge in [-0.25, -0.2) is 4.39 Å². The molecule has 0 amide bonds. The van der Waals surface area contributed by atoms with Crippen LogP contribution in [0.15, 0.2) is 54.7 Å². The maximum absolute atomic E-state index is 14.0. The molecule has 2 aromatic carbocycles. The third kappa shape index (κ3) is 2.85. The molecule has 1 atom stereocenters. The lowest BCUT2D eigenvalue weighted by molar-refractivity contribution is 0.198. The number of nitrogens with zero attached hydrogens (tertiary/aromatic N) is 1. The summed E-state index contributed by atoms with van der Waals surface area (Å²) in [7, 11) is 0. The van der Waals surface area contributed by atoms with Gasteiger partial charge in [0, 0.05) is 5.39 Å². The Labute approximate surface area is 121 Å². The van der Waals surface area contributed by atoms with E-state index in [1.807, 2.05) is 30.3 Å². The number of ether oxygens (including phenoxy) is 1. The van der Waals surface area contributed by atoms with Crippen molar-refractivity contribution in [3.8, 4) is 11.5 Å². The Balaban J connectivity index is 1.91. The number of rotatable bonds is 3. The second-order valence-corrected chi connectivity index (χ2v) is 4.83. The lowest BCUT2D eigenvalue weighted by Crippen LogP contribution is -1.95. The van der Waals surface area contributed by atoms with Gasteiger partial charge >= 0.3 is 0 Å². The monoisotopic (exact) mass is 283 g/mol. The van der Waals surface area contributed by atoms with Crippen molar-refractivity contribution in [1.29, 1.82) is 0 Å². The predicted molar refractivity (Wildman–Crippen MR) is 78.9 cm³/mol. The molecule has 1 N–H and O–H groups in total. The Kier molecular flexibility index (Phi) is 3.54. The molecule has 0 saturated carbocycles. The minimum atomic E-state index is -0.712. The quantitative estimate of drug-likeness (QED) is 0.782. The first kappa shape index (κ1) is 13.5. The van der Waals surface area contributed by atoms with Crippen LogP contribution in [0.2, 0.25) is 0 Å². The molecular weight excluding hydrogens is 269 g/mol. The summed E-state index contributed by atoms with van der Waals surface area (Å²) >= 11 is 0. The zero-order valence-corrected chi connectivity index (χ0v) is 11.5. The van der Waals surface area contributed by atoms with Crippen molar-refractivity contribution in [2.45, 2.75) is 13.0 Å². The molecule has 3 aromatic rings. The van der Waals surface area contributed by atoms with Crippen LogP contribution in [0.25, 0.3) is 10.9 Å². The summed E-state index contributed by atoms with van der Waals surface area (Å²) in [5, 5.41) is 10.4. The number of aliphatic hydroxyl groups is 1. The van der Waals surface area contributed by atoms with Gasteiger partial charge in [0.15, 0.2) is 11.6 Å². The van der Waals surface area contributed by atoms with E-state index >= 15 is 0 Å². The van der Waals surface area contributed by atoms with Crippen molar-refractivity contribution in [2.24, 2.45) is 0 Å². The standard InChI is InChI=1S/C17H14FNO2/c1-11(20)12-6-7-17(15(18)9-12)21-14-8-13-4-2-3-5-16(13)19-10-14/h2-11,20H,1H3/t11-/m1/s1. The van der Waals surface area contributed by atoms with Crippen LogP contribution in [-0.4, -0.2) is 10.1 Å². The van der Waals surface area contributed by atoms with E-state index in [4.69, 9.17) is 4.74 Å². The molecule has 0 aliphatic heterocycles. The second-order valence-electron chi connectivity index (χ2n) is 4.83. The van der Waals surface area contributed by atoms with Crippen LogP contribution >= 0.6 is 0 Å². The Hall–Kier alpha value is -2.46. The fourth-order valence-corrected chi connectivity index (χ4v) is 2.09. The molecule has 3 rings (SSSR count). The summed E-state index contributed by atoms with van der Waals surface area (Å²) in [6.45, 7) is 1.59. The summed E-state index contributed by atoms with van der Waals surface area (Å²) < 4.78 is 19.5. The summed E-state index contributed by atoms with van der Waals surface area (Å²) in [4.78, 5) is 4.27. The summed E-state index contributed by atoms with van der Waals surface area (Å²) in [6.07, 6.45) is 0.848. The van der Waals surface area contributed by atoms with Gasteiger partial charge in [-0.15, -0.1) is 0 Å². The first-order valence-corrected chi connectivity index (χ1v) is 6.63. The molecule has 0 aliphatic carbocycles. The smallest absolute Gasteiger partial charge is 0.166 e. The maximum atomic E-state index is 14.0. The van der Waals surface area contributed by atoms with Gasteiger partial charge in [-0.2, -0.15) is 0 Å². The van der Waals surface area contributed by atoms with Crippen LogP contribution in [0.1, 0.15) is 18.6 Å². The van der Waals surface area contributed by atoms with Gasteiger partial charge in [0.25, 0.3) is 0 Å². The van der Waals surface area contributed by atoms with Gasteiger partial charge in [-0.1, -0.05) is 24.3 Å². The van der Waals surface area contributed by atoms with Gasteiger partial charge in [-0.05, 0) is 36.8 Å². The van der Waals surface area contributed by atoms with Crippen molar-refractivity contribution in [3.63, 3.8) is 0 Å². The molecule has 4 heteroatoms.